The van der Waals surface area contributed by atoms with Crippen LogP contribution in [-0.2, 0) is 20.5 Å². The van der Waals surface area contributed by atoms with Gasteiger partial charge < -0.3 is 18.6 Å². The highest BCUT2D eigenvalue weighted by Gasteiger charge is 2.52. The molecular weight excluding hydrogens is 267 g/mol. The van der Waals surface area contributed by atoms with Crippen molar-refractivity contribution in [1.82, 2.24) is 9.55 Å². The van der Waals surface area contributed by atoms with Crippen molar-refractivity contribution in [3.8, 4) is 0 Å². The third-order valence-corrected chi connectivity index (χ3v) is 4.85. The molecule has 2 saturated heterocycles. The van der Waals surface area contributed by atoms with Gasteiger partial charge in [0.25, 0.3) is 0 Å². The zero-order valence-electron chi connectivity index (χ0n) is 13.7. The third kappa shape index (κ3) is 2.54. The highest BCUT2D eigenvalue weighted by Crippen LogP contribution is 2.36. The van der Waals surface area contributed by atoms with Crippen molar-refractivity contribution in [1.29, 1.82) is 0 Å². The zero-order valence-corrected chi connectivity index (χ0v) is 13.7. The second kappa shape index (κ2) is 5.11. The summed E-state index contributed by atoms with van der Waals surface area (Å²) in [5.74, 6) is 1.03. The molecule has 2 aliphatic heterocycles. The molecule has 0 N–H and O–H groups in total. The summed E-state index contributed by atoms with van der Waals surface area (Å²) >= 11 is 0. The molecule has 0 aliphatic carbocycles. The molecule has 1 unspecified atom stereocenters. The molecular formula is C15H25BN2O3. The van der Waals surface area contributed by atoms with Gasteiger partial charge in [0.2, 0.25) is 0 Å². The van der Waals surface area contributed by atoms with Gasteiger partial charge in [0.05, 0.1) is 16.8 Å². The van der Waals surface area contributed by atoms with Crippen LogP contribution >= 0.6 is 0 Å². The summed E-state index contributed by atoms with van der Waals surface area (Å²) in [6.45, 7) is 11.2. The highest BCUT2D eigenvalue weighted by molar-refractivity contribution is 6.61. The molecule has 0 spiro atoms. The summed E-state index contributed by atoms with van der Waals surface area (Å²) < 4.78 is 20.1. The lowest BCUT2D eigenvalue weighted by Gasteiger charge is -2.32. The number of imidazole rings is 1. The van der Waals surface area contributed by atoms with E-state index in [2.05, 4.69) is 39.2 Å². The van der Waals surface area contributed by atoms with Gasteiger partial charge in [-0.3, -0.25) is 0 Å². The molecule has 1 aromatic rings. The molecule has 2 aliphatic rings. The standard InChI is InChI=1S/C15H25BN2O3/c1-6-12-17-11(10-18(12)13-8-7-9-19-13)16-20-14(2,3)15(4,5)21-16/h10,13H,6-9H2,1-5H3. The molecule has 0 aromatic carbocycles. The van der Waals surface area contributed by atoms with Crippen LogP contribution in [0.2, 0.25) is 0 Å². The van der Waals surface area contributed by atoms with E-state index in [-0.39, 0.29) is 17.4 Å². The van der Waals surface area contributed by atoms with Gasteiger partial charge in [0.15, 0.2) is 0 Å². The second-order valence-electron chi connectivity index (χ2n) is 6.90. The van der Waals surface area contributed by atoms with E-state index in [0.29, 0.717) is 0 Å². The average Bonchev–Trinajstić information content (AvgIpc) is 3.08. The maximum Gasteiger partial charge on any atom is 0.516 e. The second-order valence-corrected chi connectivity index (χ2v) is 6.90. The van der Waals surface area contributed by atoms with Crippen LogP contribution in [0.25, 0.3) is 0 Å². The summed E-state index contributed by atoms with van der Waals surface area (Å²) in [4.78, 5) is 4.72. The largest absolute Gasteiger partial charge is 0.516 e. The fraction of sp³-hybridized carbons (Fsp3) is 0.800. The molecule has 3 heterocycles. The maximum absolute atomic E-state index is 6.09. The van der Waals surface area contributed by atoms with Gasteiger partial charge in [-0.1, -0.05) is 6.92 Å². The molecule has 6 heteroatoms. The molecule has 5 nitrogen and oxygen atoms in total. The summed E-state index contributed by atoms with van der Waals surface area (Å²) in [6, 6.07) is 0. The molecule has 3 rings (SSSR count). The fourth-order valence-electron chi connectivity index (χ4n) is 2.82. The van der Waals surface area contributed by atoms with Crippen LogP contribution in [0.4, 0.5) is 0 Å². The molecule has 0 bridgehead atoms. The number of hydrogen-bond donors (Lipinski definition) is 0. The number of ether oxygens (including phenoxy) is 1. The van der Waals surface area contributed by atoms with Crippen molar-refractivity contribution < 1.29 is 14.0 Å². The van der Waals surface area contributed by atoms with E-state index in [1.165, 1.54) is 0 Å². The van der Waals surface area contributed by atoms with Crippen molar-refractivity contribution in [3.05, 3.63) is 12.0 Å². The molecule has 2 fully saturated rings. The minimum absolute atomic E-state index is 0.114. The normalized spacial score (nSPS) is 27.5. The van der Waals surface area contributed by atoms with E-state index in [1.54, 1.807) is 0 Å². The van der Waals surface area contributed by atoms with Crippen LogP contribution in [0.15, 0.2) is 6.20 Å². The van der Waals surface area contributed by atoms with Gasteiger partial charge >= 0.3 is 7.12 Å². The Morgan fingerprint density at radius 1 is 1.29 bits per heavy atom. The minimum atomic E-state index is -0.400. The summed E-state index contributed by atoms with van der Waals surface area (Å²) in [7, 11) is -0.400. The van der Waals surface area contributed by atoms with Crippen molar-refractivity contribution in [2.75, 3.05) is 6.61 Å². The topological polar surface area (TPSA) is 45.5 Å². The summed E-state index contributed by atoms with van der Waals surface area (Å²) in [5, 5.41) is 0. The van der Waals surface area contributed by atoms with Crippen molar-refractivity contribution in [3.63, 3.8) is 0 Å². The van der Waals surface area contributed by atoms with Crippen LogP contribution in [0, 0.1) is 0 Å². The lowest BCUT2D eigenvalue weighted by Crippen LogP contribution is -2.41. The Hall–Kier alpha value is -0.845. The molecule has 0 saturated carbocycles. The number of rotatable bonds is 3. The number of aromatic nitrogens is 2. The summed E-state index contributed by atoms with van der Waals surface area (Å²) in [5.41, 5.74) is 0.177. The smallest absolute Gasteiger partial charge is 0.398 e. The van der Waals surface area contributed by atoms with E-state index in [0.717, 1.165) is 37.3 Å². The van der Waals surface area contributed by atoms with Gasteiger partial charge in [-0.05, 0) is 40.5 Å². The molecule has 0 radical (unpaired) electrons. The van der Waals surface area contributed by atoms with Gasteiger partial charge in [0.1, 0.15) is 12.1 Å². The van der Waals surface area contributed by atoms with Gasteiger partial charge in [-0.25, -0.2) is 4.98 Å². The summed E-state index contributed by atoms with van der Waals surface area (Å²) in [6.07, 6.45) is 5.18. The Kier molecular flexibility index (Phi) is 3.67. The number of aryl methyl sites for hydroxylation is 1. The average molecular weight is 292 g/mol. The van der Waals surface area contributed by atoms with Crippen LogP contribution in [0.5, 0.6) is 0 Å². The Bertz CT molecular complexity index is 505. The quantitative estimate of drug-likeness (QED) is 0.800. The van der Waals surface area contributed by atoms with Gasteiger partial charge in [-0.15, -0.1) is 0 Å². The third-order valence-electron chi connectivity index (χ3n) is 4.85. The Labute approximate surface area is 127 Å². The SMILES string of the molecule is CCc1nc(B2OC(C)(C)C(C)(C)O2)cn1C1CCCO1. The number of nitrogens with zero attached hydrogens (tertiary/aromatic N) is 2. The maximum atomic E-state index is 6.09. The predicted octanol–water partition coefficient (Wildman–Crippen LogP) is 2.05. The van der Waals surface area contributed by atoms with E-state index in [4.69, 9.17) is 19.0 Å². The van der Waals surface area contributed by atoms with Crippen molar-refractivity contribution >= 4 is 12.7 Å². The zero-order chi connectivity index (χ0) is 15.3. The minimum Gasteiger partial charge on any atom is -0.398 e. The molecule has 116 valence electrons. The van der Waals surface area contributed by atoms with Crippen LogP contribution < -0.4 is 5.59 Å². The fourth-order valence-corrected chi connectivity index (χ4v) is 2.82. The van der Waals surface area contributed by atoms with Crippen LogP contribution in [-0.4, -0.2) is 34.5 Å². The van der Waals surface area contributed by atoms with E-state index < -0.39 is 7.12 Å². The monoisotopic (exact) mass is 292 g/mol. The van der Waals surface area contributed by atoms with Gasteiger partial charge in [-0.2, -0.15) is 0 Å². The molecule has 1 atom stereocenters. The van der Waals surface area contributed by atoms with E-state index in [9.17, 15) is 0 Å². The Morgan fingerprint density at radius 2 is 1.95 bits per heavy atom. The van der Waals surface area contributed by atoms with Crippen LogP contribution in [0.3, 0.4) is 0 Å². The first kappa shape index (κ1) is 15.1. The molecule has 1 aromatic heterocycles. The Morgan fingerprint density at radius 3 is 2.48 bits per heavy atom. The van der Waals surface area contributed by atoms with Gasteiger partial charge in [0, 0.05) is 19.2 Å². The lowest BCUT2D eigenvalue weighted by atomic mass is 9.86. The van der Waals surface area contributed by atoms with Crippen molar-refractivity contribution in [2.24, 2.45) is 0 Å². The van der Waals surface area contributed by atoms with Crippen LogP contribution in [0.1, 0.15) is 59.5 Å². The Balaban J connectivity index is 1.87. The van der Waals surface area contributed by atoms with E-state index in [1.807, 2.05) is 6.20 Å². The first-order valence-corrected chi connectivity index (χ1v) is 7.89. The van der Waals surface area contributed by atoms with Crippen molar-refractivity contribution in [2.45, 2.75) is 71.3 Å². The number of hydrogen-bond acceptors (Lipinski definition) is 4. The molecule has 0 amide bonds. The first-order valence-electron chi connectivity index (χ1n) is 7.89. The lowest BCUT2D eigenvalue weighted by molar-refractivity contribution is 0.00578. The first-order chi connectivity index (χ1) is 9.84. The highest BCUT2D eigenvalue weighted by atomic mass is 16.7. The van der Waals surface area contributed by atoms with E-state index >= 15 is 0 Å². The predicted molar refractivity (Wildman–Crippen MR) is 81.5 cm³/mol. The molecule has 21 heavy (non-hydrogen) atoms.